The molecule has 0 bridgehead atoms. The van der Waals surface area contributed by atoms with Gasteiger partial charge in [-0.05, 0) is 48.0 Å². The molecule has 0 radical (unpaired) electrons. The van der Waals surface area contributed by atoms with Crippen molar-refractivity contribution >= 4 is 51.3 Å². The molecule has 7 nitrogen and oxygen atoms in total. The van der Waals surface area contributed by atoms with Gasteiger partial charge in [-0.25, -0.2) is 8.78 Å². The van der Waals surface area contributed by atoms with Crippen molar-refractivity contribution in [1.82, 2.24) is 9.47 Å². The lowest BCUT2D eigenvalue weighted by Gasteiger charge is -2.18. The number of hydrogen-bond acceptors (Lipinski definition) is 6. The summed E-state index contributed by atoms with van der Waals surface area (Å²) in [5.74, 6) is -2.83. The molecule has 0 spiro atoms. The Labute approximate surface area is 275 Å². The van der Waals surface area contributed by atoms with E-state index in [4.69, 9.17) is 5.11 Å². The van der Waals surface area contributed by atoms with Gasteiger partial charge in [0.1, 0.15) is 23.1 Å². The zero-order valence-corrected chi connectivity index (χ0v) is 27.2. The number of rotatable bonds is 11. The molecular formula is C35H34ClF2N3O4S. The average molecular weight is 666 g/mol. The van der Waals surface area contributed by atoms with Gasteiger partial charge in [-0.2, -0.15) is 0 Å². The second kappa shape index (κ2) is 14.9. The molecule has 0 aliphatic carbocycles. The number of hydrogen-bond donors (Lipinski definition) is 2. The maximum atomic E-state index is 14.9. The molecule has 0 fully saturated rings. The number of amides is 1. The van der Waals surface area contributed by atoms with Gasteiger partial charge in [-0.15, -0.1) is 23.7 Å². The predicted molar refractivity (Wildman–Crippen MR) is 181 cm³/mol. The highest BCUT2D eigenvalue weighted by atomic mass is 35.5. The number of nitrogens with one attached hydrogen (secondary N) is 1. The molecule has 5 rings (SSSR count). The molecule has 11 heteroatoms. The maximum Gasteiger partial charge on any atom is 0.250 e. The molecule has 46 heavy (non-hydrogen) atoms. The highest BCUT2D eigenvalue weighted by Crippen LogP contribution is 2.39. The van der Waals surface area contributed by atoms with Crippen LogP contribution in [-0.2, 0) is 24.4 Å². The number of aliphatic hydroxyl groups excluding tert-OH is 1. The zero-order chi connectivity index (χ0) is 32.2. The van der Waals surface area contributed by atoms with Crippen LogP contribution in [0.25, 0.3) is 20.7 Å². The van der Waals surface area contributed by atoms with E-state index in [1.165, 1.54) is 35.7 Å². The molecule has 240 valence electrons. The topological polar surface area (TPSA) is 91.6 Å². The summed E-state index contributed by atoms with van der Waals surface area (Å²) >= 11 is 1.30. The first-order valence-corrected chi connectivity index (χ1v) is 15.3. The maximum absolute atomic E-state index is 14.9. The van der Waals surface area contributed by atoms with Gasteiger partial charge in [0.15, 0.2) is 5.78 Å². The van der Waals surface area contributed by atoms with Crippen LogP contribution in [0.2, 0.25) is 0 Å². The van der Waals surface area contributed by atoms with Crippen molar-refractivity contribution in [2.75, 3.05) is 19.0 Å². The van der Waals surface area contributed by atoms with Crippen molar-refractivity contribution in [3.8, 4) is 10.4 Å². The number of benzene rings is 3. The summed E-state index contributed by atoms with van der Waals surface area (Å²) in [5.41, 5.74) is 2.37. The Morgan fingerprint density at radius 1 is 0.935 bits per heavy atom. The minimum atomic E-state index is -0.723. The Balaban J connectivity index is 0.00000480. The molecule has 1 amide bonds. The number of carbonyl (C=O) groups excluding carboxylic acids is 2. The Bertz CT molecular complexity index is 1900. The van der Waals surface area contributed by atoms with Crippen molar-refractivity contribution in [2.24, 2.45) is 5.92 Å². The van der Waals surface area contributed by atoms with E-state index in [0.717, 1.165) is 16.0 Å². The first-order valence-electron chi connectivity index (χ1n) is 14.5. The second-order valence-electron chi connectivity index (χ2n) is 11.3. The summed E-state index contributed by atoms with van der Waals surface area (Å²) in [6, 6.07) is 20.5. The Morgan fingerprint density at radius 2 is 1.59 bits per heavy atom. The molecule has 0 saturated carbocycles. The third-order valence-electron chi connectivity index (χ3n) is 7.48. The minimum Gasteiger partial charge on any atom is -0.387 e. The summed E-state index contributed by atoms with van der Waals surface area (Å²) in [7, 11) is 1.93. The number of aliphatic hydroxyl groups is 1. The van der Waals surface area contributed by atoms with Crippen LogP contribution in [0, 0.1) is 17.6 Å². The number of halogens is 3. The number of thiophene rings is 1. The first-order chi connectivity index (χ1) is 21.6. The highest BCUT2D eigenvalue weighted by Gasteiger charge is 2.26. The average Bonchev–Trinajstić information content (AvgIpc) is 3.40. The SMILES string of the molecule is CC(C)C(=O)c1cn(Cc2c(F)cccc2F)c2sc(-c3ccc(NC(=O)CO)cc3)c(CN(C)Cc3ccccc3)c2c1=O.Cl. The fraction of sp³-hybridized carbons (Fsp3) is 0.229. The molecule has 0 atom stereocenters. The fourth-order valence-electron chi connectivity index (χ4n) is 5.26. The van der Waals surface area contributed by atoms with E-state index in [0.29, 0.717) is 34.6 Å². The molecule has 0 unspecified atom stereocenters. The Kier molecular flexibility index (Phi) is 11.2. The van der Waals surface area contributed by atoms with E-state index in [1.54, 1.807) is 42.7 Å². The third-order valence-corrected chi connectivity index (χ3v) is 8.80. The van der Waals surface area contributed by atoms with E-state index in [-0.39, 0.29) is 35.9 Å². The van der Waals surface area contributed by atoms with Crippen molar-refractivity contribution in [1.29, 1.82) is 0 Å². The quantitative estimate of drug-likeness (QED) is 0.150. The smallest absolute Gasteiger partial charge is 0.250 e. The van der Waals surface area contributed by atoms with Gasteiger partial charge in [0.2, 0.25) is 11.3 Å². The van der Waals surface area contributed by atoms with Crippen LogP contribution >= 0.6 is 23.7 Å². The number of fused-ring (bicyclic) bond motifs is 1. The lowest BCUT2D eigenvalue weighted by atomic mass is 9.99. The number of nitrogens with zero attached hydrogens (tertiary/aromatic N) is 2. The van der Waals surface area contributed by atoms with Crippen LogP contribution in [0.5, 0.6) is 0 Å². The van der Waals surface area contributed by atoms with Gasteiger partial charge in [-0.1, -0.05) is 62.4 Å². The van der Waals surface area contributed by atoms with Gasteiger partial charge >= 0.3 is 0 Å². The van der Waals surface area contributed by atoms with Crippen molar-refractivity contribution in [3.63, 3.8) is 0 Å². The van der Waals surface area contributed by atoms with E-state index < -0.39 is 35.5 Å². The normalized spacial score (nSPS) is 11.2. The van der Waals surface area contributed by atoms with Crippen LogP contribution in [0.4, 0.5) is 14.5 Å². The third kappa shape index (κ3) is 7.42. The lowest BCUT2D eigenvalue weighted by Crippen LogP contribution is -2.24. The van der Waals surface area contributed by atoms with Gasteiger partial charge in [-0.3, -0.25) is 19.3 Å². The van der Waals surface area contributed by atoms with Crippen molar-refractivity contribution < 1.29 is 23.5 Å². The van der Waals surface area contributed by atoms with Gasteiger partial charge in [0, 0.05) is 41.3 Å². The number of anilines is 1. The Morgan fingerprint density at radius 3 is 2.20 bits per heavy atom. The number of Topliss-reactive ketones (excluding diaryl/α,β-unsaturated/α-hetero) is 1. The Hall–Kier alpha value is -4.22. The molecule has 0 aliphatic heterocycles. The highest BCUT2D eigenvalue weighted by molar-refractivity contribution is 7.22. The number of carbonyl (C=O) groups is 2. The molecule has 0 aliphatic rings. The van der Waals surface area contributed by atoms with Crippen molar-refractivity contribution in [3.05, 3.63) is 123 Å². The summed E-state index contributed by atoms with van der Waals surface area (Å²) in [6.45, 7) is 3.47. The summed E-state index contributed by atoms with van der Waals surface area (Å²) in [4.78, 5) is 42.5. The van der Waals surface area contributed by atoms with Crippen LogP contribution in [-0.4, -0.2) is 39.9 Å². The standard InChI is InChI=1S/C35H33F2N3O4S.ClH/c1-21(2)32(43)27-19-40(18-25-28(36)10-7-11-29(25)37)35-31(33(27)44)26(17-39(3)16-22-8-5-4-6-9-22)34(45-35)23-12-14-24(15-13-23)38-30(42)20-41;/h4-15,19,21,41H,16-18,20H2,1-3H3,(H,38,42);1H. The predicted octanol–water partition coefficient (Wildman–Crippen LogP) is 6.88. The number of aromatic nitrogens is 1. The van der Waals surface area contributed by atoms with Crippen LogP contribution in [0.15, 0.2) is 83.8 Å². The number of ketones is 1. The van der Waals surface area contributed by atoms with E-state index in [1.807, 2.05) is 37.4 Å². The summed E-state index contributed by atoms with van der Waals surface area (Å²) in [6.07, 6.45) is 1.42. The van der Waals surface area contributed by atoms with E-state index in [9.17, 15) is 23.2 Å². The van der Waals surface area contributed by atoms with Gasteiger partial charge < -0.3 is 15.0 Å². The van der Waals surface area contributed by atoms with E-state index in [2.05, 4.69) is 10.2 Å². The van der Waals surface area contributed by atoms with Crippen LogP contribution < -0.4 is 10.7 Å². The van der Waals surface area contributed by atoms with Gasteiger partial charge in [0.25, 0.3) is 0 Å². The monoisotopic (exact) mass is 665 g/mol. The summed E-state index contributed by atoms with van der Waals surface area (Å²) in [5, 5.41) is 12.0. The molecule has 2 aromatic heterocycles. The van der Waals surface area contributed by atoms with Crippen LogP contribution in [0.1, 0.15) is 40.9 Å². The molecule has 0 saturated heterocycles. The summed E-state index contributed by atoms with van der Waals surface area (Å²) < 4.78 is 31.3. The second-order valence-corrected chi connectivity index (χ2v) is 12.2. The molecule has 2 heterocycles. The molecule has 3 aromatic carbocycles. The molecule has 2 N–H and O–H groups in total. The van der Waals surface area contributed by atoms with E-state index >= 15 is 0 Å². The molecule has 5 aromatic rings. The lowest BCUT2D eigenvalue weighted by molar-refractivity contribution is -0.118. The largest absolute Gasteiger partial charge is 0.387 e. The fourth-order valence-corrected chi connectivity index (χ4v) is 6.55. The molecular weight excluding hydrogens is 632 g/mol. The minimum absolute atomic E-state index is 0. The van der Waals surface area contributed by atoms with Crippen LogP contribution in [0.3, 0.4) is 0 Å². The zero-order valence-electron chi connectivity index (χ0n) is 25.6. The van der Waals surface area contributed by atoms with Gasteiger partial charge in [0.05, 0.1) is 17.5 Å². The number of pyridine rings is 1. The van der Waals surface area contributed by atoms with Crippen molar-refractivity contribution in [2.45, 2.75) is 33.5 Å². The first kappa shape index (κ1) is 34.6.